The van der Waals surface area contributed by atoms with E-state index < -0.39 is 0 Å². The van der Waals surface area contributed by atoms with Crippen molar-refractivity contribution in [1.82, 2.24) is 5.32 Å². The van der Waals surface area contributed by atoms with Crippen molar-refractivity contribution in [2.45, 2.75) is 53.0 Å². The van der Waals surface area contributed by atoms with Gasteiger partial charge in [-0.3, -0.25) is 0 Å². The molecule has 2 nitrogen and oxygen atoms in total. The van der Waals surface area contributed by atoms with Crippen molar-refractivity contribution in [2.24, 2.45) is 11.3 Å². The molecule has 1 rings (SSSR count). The largest absolute Gasteiger partial charge is 0.381 e. The predicted octanol–water partition coefficient (Wildman–Crippen LogP) is 2.83. The smallest absolute Gasteiger partial charge is 0.0535 e. The number of hydrogen-bond acceptors (Lipinski definition) is 2. The van der Waals surface area contributed by atoms with Crippen LogP contribution in [0.5, 0.6) is 0 Å². The molecule has 0 aromatic carbocycles. The summed E-state index contributed by atoms with van der Waals surface area (Å²) in [5.41, 5.74) is 0.416. The van der Waals surface area contributed by atoms with E-state index in [-0.39, 0.29) is 0 Å². The van der Waals surface area contributed by atoms with Gasteiger partial charge in [-0.25, -0.2) is 0 Å². The summed E-state index contributed by atoms with van der Waals surface area (Å²) in [5.74, 6) is 0.820. The zero-order chi connectivity index (χ0) is 11.3. The van der Waals surface area contributed by atoms with E-state index in [2.05, 4.69) is 33.0 Å². The van der Waals surface area contributed by atoms with Crippen molar-refractivity contribution in [1.29, 1.82) is 0 Å². The lowest BCUT2D eigenvalue weighted by atomic mass is 9.78. The van der Waals surface area contributed by atoms with Gasteiger partial charge in [0.15, 0.2) is 0 Å². The van der Waals surface area contributed by atoms with E-state index >= 15 is 0 Å². The molecule has 1 aliphatic rings. The quantitative estimate of drug-likeness (QED) is 0.732. The molecule has 2 atom stereocenters. The summed E-state index contributed by atoms with van der Waals surface area (Å²) < 4.78 is 5.60. The van der Waals surface area contributed by atoms with Gasteiger partial charge in [0.05, 0.1) is 6.61 Å². The van der Waals surface area contributed by atoms with Gasteiger partial charge in [-0.15, -0.1) is 0 Å². The number of rotatable bonds is 6. The topological polar surface area (TPSA) is 21.3 Å². The van der Waals surface area contributed by atoms with Gasteiger partial charge in [0.1, 0.15) is 0 Å². The first-order chi connectivity index (χ1) is 7.08. The highest BCUT2D eigenvalue weighted by Crippen LogP contribution is 2.35. The van der Waals surface area contributed by atoms with Crippen molar-refractivity contribution < 1.29 is 4.74 Å². The van der Waals surface area contributed by atoms with Crippen LogP contribution in [0.4, 0.5) is 0 Å². The van der Waals surface area contributed by atoms with E-state index in [9.17, 15) is 0 Å². The molecule has 1 fully saturated rings. The van der Waals surface area contributed by atoms with Gasteiger partial charge in [0.25, 0.3) is 0 Å². The second-order valence-corrected chi connectivity index (χ2v) is 5.56. The number of ether oxygens (including phenoxy) is 1. The summed E-state index contributed by atoms with van der Waals surface area (Å²) in [6.07, 6.45) is 3.82. The molecule has 0 bridgehead atoms. The fourth-order valence-electron chi connectivity index (χ4n) is 2.33. The number of hydrogen-bond donors (Lipinski definition) is 1. The van der Waals surface area contributed by atoms with Crippen LogP contribution in [-0.4, -0.2) is 25.8 Å². The van der Waals surface area contributed by atoms with Crippen molar-refractivity contribution in [3.8, 4) is 0 Å². The summed E-state index contributed by atoms with van der Waals surface area (Å²) in [7, 11) is 0. The minimum absolute atomic E-state index is 0.416. The first-order valence-corrected chi connectivity index (χ1v) is 6.39. The summed E-state index contributed by atoms with van der Waals surface area (Å²) in [4.78, 5) is 0. The maximum atomic E-state index is 5.60. The normalized spacial score (nSPS) is 28.6. The Morgan fingerprint density at radius 2 is 2.07 bits per heavy atom. The fourth-order valence-corrected chi connectivity index (χ4v) is 2.33. The van der Waals surface area contributed by atoms with Crippen molar-refractivity contribution in [3.63, 3.8) is 0 Å². The summed E-state index contributed by atoms with van der Waals surface area (Å²) in [5, 5.41) is 3.58. The number of nitrogens with one attached hydrogen (secondary N) is 1. The lowest BCUT2D eigenvalue weighted by Gasteiger charge is -2.31. The molecule has 2 unspecified atom stereocenters. The Morgan fingerprint density at radius 3 is 2.53 bits per heavy atom. The Labute approximate surface area is 94.8 Å². The fraction of sp³-hybridized carbons (Fsp3) is 1.00. The summed E-state index contributed by atoms with van der Waals surface area (Å²) in [6.45, 7) is 12.1. The molecule has 0 aromatic heterocycles. The van der Waals surface area contributed by atoms with E-state index in [1.165, 1.54) is 19.3 Å². The molecule has 0 amide bonds. The minimum atomic E-state index is 0.416. The highest BCUT2D eigenvalue weighted by molar-refractivity contribution is 4.87. The Bertz CT molecular complexity index is 173. The maximum Gasteiger partial charge on any atom is 0.0535 e. The predicted molar refractivity (Wildman–Crippen MR) is 65.1 cm³/mol. The van der Waals surface area contributed by atoms with Crippen LogP contribution in [0.2, 0.25) is 0 Å². The molecule has 90 valence electrons. The van der Waals surface area contributed by atoms with E-state index in [0.29, 0.717) is 11.5 Å². The molecule has 0 aromatic rings. The molecule has 2 heteroatoms. The average molecular weight is 213 g/mol. The third kappa shape index (κ3) is 4.12. The van der Waals surface area contributed by atoms with Gasteiger partial charge in [-0.1, -0.05) is 34.1 Å². The summed E-state index contributed by atoms with van der Waals surface area (Å²) in [6, 6.07) is 0.583. The van der Waals surface area contributed by atoms with Gasteiger partial charge >= 0.3 is 0 Å². The van der Waals surface area contributed by atoms with E-state index in [1.54, 1.807) is 0 Å². The van der Waals surface area contributed by atoms with Gasteiger partial charge in [-0.2, -0.15) is 0 Å². The second-order valence-electron chi connectivity index (χ2n) is 5.56. The molecule has 1 aliphatic heterocycles. The summed E-state index contributed by atoms with van der Waals surface area (Å²) >= 11 is 0. The SMILES string of the molecule is CCC(C)CC1(CNC(C)C)CCOC1. The van der Waals surface area contributed by atoms with E-state index in [4.69, 9.17) is 4.74 Å². The second kappa shape index (κ2) is 5.86. The molecule has 1 N–H and O–H groups in total. The van der Waals surface area contributed by atoms with Gasteiger partial charge < -0.3 is 10.1 Å². The highest BCUT2D eigenvalue weighted by atomic mass is 16.5. The van der Waals surface area contributed by atoms with Crippen LogP contribution in [0.25, 0.3) is 0 Å². The van der Waals surface area contributed by atoms with Gasteiger partial charge in [0.2, 0.25) is 0 Å². The van der Waals surface area contributed by atoms with Gasteiger partial charge in [-0.05, 0) is 18.8 Å². The molecule has 0 aliphatic carbocycles. The Hall–Kier alpha value is -0.0800. The third-order valence-corrected chi connectivity index (χ3v) is 3.55. The van der Waals surface area contributed by atoms with Crippen LogP contribution in [0, 0.1) is 11.3 Å². The molecule has 0 radical (unpaired) electrons. The Balaban J connectivity index is 2.46. The maximum absolute atomic E-state index is 5.60. The molecule has 15 heavy (non-hydrogen) atoms. The highest BCUT2D eigenvalue weighted by Gasteiger charge is 2.35. The van der Waals surface area contributed by atoms with Crippen LogP contribution >= 0.6 is 0 Å². The lowest BCUT2D eigenvalue weighted by Crippen LogP contribution is -2.39. The molecular formula is C13H27NO. The molecular weight excluding hydrogens is 186 g/mol. The minimum Gasteiger partial charge on any atom is -0.381 e. The average Bonchev–Trinajstić information content (AvgIpc) is 2.64. The first kappa shape index (κ1) is 13.0. The third-order valence-electron chi connectivity index (χ3n) is 3.55. The zero-order valence-corrected chi connectivity index (χ0v) is 10.8. The van der Waals surface area contributed by atoms with Crippen LogP contribution in [0.15, 0.2) is 0 Å². The van der Waals surface area contributed by atoms with Gasteiger partial charge in [0, 0.05) is 24.6 Å². The van der Waals surface area contributed by atoms with Crippen molar-refractivity contribution >= 4 is 0 Å². The van der Waals surface area contributed by atoms with Crippen molar-refractivity contribution in [2.75, 3.05) is 19.8 Å². The molecule has 1 heterocycles. The van der Waals surface area contributed by atoms with Crippen molar-refractivity contribution in [3.05, 3.63) is 0 Å². The van der Waals surface area contributed by atoms with Crippen LogP contribution in [0.3, 0.4) is 0 Å². The lowest BCUT2D eigenvalue weighted by molar-refractivity contribution is 0.130. The Morgan fingerprint density at radius 1 is 1.33 bits per heavy atom. The van der Waals surface area contributed by atoms with Crippen LogP contribution in [0.1, 0.15) is 47.0 Å². The zero-order valence-electron chi connectivity index (χ0n) is 10.8. The Kier molecular flexibility index (Phi) is 5.07. The monoisotopic (exact) mass is 213 g/mol. The molecule has 0 saturated carbocycles. The first-order valence-electron chi connectivity index (χ1n) is 6.39. The van der Waals surface area contributed by atoms with Crippen LogP contribution < -0.4 is 5.32 Å². The standard InChI is InChI=1S/C13H27NO/c1-5-12(4)8-13(6-7-15-10-13)9-14-11(2)3/h11-12,14H,5-10H2,1-4H3. The van der Waals surface area contributed by atoms with E-state index in [0.717, 1.165) is 25.7 Å². The van der Waals surface area contributed by atoms with Crippen LogP contribution in [-0.2, 0) is 4.74 Å². The molecule has 0 spiro atoms. The van der Waals surface area contributed by atoms with E-state index in [1.807, 2.05) is 0 Å². The molecule has 1 saturated heterocycles.